The highest BCUT2D eigenvalue weighted by Gasteiger charge is 2.42. The van der Waals surface area contributed by atoms with Gasteiger partial charge < -0.3 is 10.1 Å². The topological polar surface area (TPSA) is 71.5 Å². The van der Waals surface area contributed by atoms with Gasteiger partial charge in [-0.3, -0.25) is 9.69 Å². The number of benzene rings is 1. The van der Waals surface area contributed by atoms with Crippen molar-refractivity contribution in [3.05, 3.63) is 65.2 Å². The Bertz CT molecular complexity index is 1020. The van der Waals surface area contributed by atoms with Crippen LogP contribution in [0, 0.1) is 5.95 Å². The second-order valence-electron chi connectivity index (χ2n) is 9.72. The molecule has 8 heteroatoms. The lowest BCUT2D eigenvalue weighted by molar-refractivity contribution is -0.126. The molecule has 2 aromatic rings. The van der Waals surface area contributed by atoms with Gasteiger partial charge in [-0.05, 0) is 51.2 Å². The quantitative estimate of drug-likeness (QED) is 0.664. The predicted molar refractivity (Wildman–Crippen MR) is 119 cm³/mol. The standard InChI is InChI=1S/C25H29F2N3O3/c1-25(2,3)33-24(32)30-14-17(26)13-20(30)23(31)29-21(16-7-5-4-6-8-16)19-12-11-18(15-9-10-15)22(27)28-19/h4-8,11-12,15,17,20-21H,9-10,13-14H2,1-3H3,(H,29,31)/t17?,20?,21-/m0/s1. The summed E-state index contributed by atoms with van der Waals surface area (Å²) in [6.45, 7) is 4.91. The summed E-state index contributed by atoms with van der Waals surface area (Å²) in [5.74, 6) is -0.868. The molecule has 2 fully saturated rings. The first-order valence-electron chi connectivity index (χ1n) is 11.3. The number of hydrogen-bond acceptors (Lipinski definition) is 4. The molecule has 2 unspecified atom stereocenters. The van der Waals surface area contributed by atoms with E-state index >= 15 is 0 Å². The highest BCUT2D eigenvalue weighted by atomic mass is 19.1. The van der Waals surface area contributed by atoms with Crippen LogP contribution in [-0.4, -0.2) is 46.2 Å². The summed E-state index contributed by atoms with van der Waals surface area (Å²) in [5.41, 5.74) is 0.860. The molecule has 4 rings (SSSR count). The minimum absolute atomic E-state index is 0.130. The molecule has 1 aromatic carbocycles. The van der Waals surface area contributed by atoms with Crippen molar-refractivity contribution in [2.75, 3.05) is 6.54 Å². The van der Waals surface area contributed by atoms with E-state index in [1.807, 2.05) is 18.2 Å². The van der Waals surface area contributed by atoms with Gasteiger partial charge in [0.05, 0.1) is 18.3 Å². The molecule has 33 heavy (non-hydrogen) atoms. The van der Waals surface area contributed by atoms with Crippen LogP contribution in [0.3, 0.4) is 0 Å². The summed E-state index contributed by atoms with van der Waals surface area (Å²) >= 11 is 0. The molecule has 6 nitrogen and oxygen atoms in total. The number of alkyl halides is 1. The third-order valence-electron chi connectivity index (χ3n) is 5.81. The van der Waals surface area contributed by atoms with Crippen LogP contribution in [0.15, 0.2) is 42.5 Å². The Morgan fingerprint density at radius 2 is 1.85 bits per heavy atom. The average molecular weight is 458 g/mol. The van der Waals surface area contributed by atoms with E-state index in [2.05, 4.69) is 10.3 Å². The molecule has 1 aliphatic heterocycles. The Hall–Kier alpha value is -3.03. The molecule has 1 aliphatic carbocycles. The van der Waals surface area contributed by atoms with E-state index in [-0.39, 0.29) is 18.9 Å². The van der Waals surface area contributed by atoms with Gasteiger partial charge in [-0.25, -0.2) is 14.2 Å². The van der Waals surface area contributed by atoms with Crippen LogP contribution in [0.1, 0.15) is 68.8 Å². The van der Waals surface area contributed by atoms with Gasteiger partial charge in [-0.15, -0.1) is 0 Å². The molecule has 0 bridgehead atoms. The third-order valence-corrected chi connectivity index (χ3v) is 5.81. The molecule has 3 atom stereocenters. The van der Waals surface area contributed by atoms with E-state index in [1.165, 1.54) is 0 Å². The largest absolute Gasteiger partial charge is 0.444 e. The number of halogens is 2. The van der Waals surface area contributed by atoms with Crippen LogP contribution in [0.4, 0.5) is 13.6 Å². The van der Waals surface area contributed by atoms with E-state index in [0.29, 0.717) is 16.8 Å². The van der Waals surface area contributed by atoms with Crippen molar-refractivity contribution in [2.24, 2.45) is 0 Å². The first kappa shape index (κ1) is 23.1. The van der Waals surface area contributed by atoms with Crippen molar-refractivity contribution in [3.63, 3.8) is 0 Å². The lowest BCUT2D eigenvalue weighted by Gasteiger charge is -2.29. The third kappa shape index (κ3) is 5.49. The fraction of sp³-hybridized carbons (Fsp3) is 0.480. The molecule has 0 radical (unpaired) electrons. The number of carbonyl (C=O) groups excluding carboxylic acids is 2. The summed E-state index contributed by atoms with van der Waals surface area (Å²) in [6.07, 6.45) is -0.310. The fourth-order valence-electron chi connectivity index (χ4n) is 4.09. The van der Waals surface area contributed by atoms with Crippen LogP contribution in [0.25, 0.3) is 0 Å². The van der Waals surface area contributed by atoms with Crippen molar-refractivity contribution >= 4 is 12.0 Å². The van der Waals surface area contributed by atoms with Crippen LogP contribution in [-0.2, 0) is 9.53 Å². The fourth-order valence-corrected chi connectivity index (χ4v) is 4.09. The van der Waals surface area contributed by atoms with Gasteiger partial charge >= 0.3 is 6.09 Å². The minimum Gasteiger partial charge on any atom is -0.444 e. The molecule has 1 saturated heterocycles. The van der Waals surface area contributed by atoms with Crippen molar-refractivity contribution in [1.82, 2.24) is 15.2 Å². The molecular weight excluding hydrogens is 428 g/mol. The van der Waals surface area contributed by atoms with E-state index in [0.717, 1.165) is 17.7 Å². The second kappa shape index (κ2) is 9.08. The zero-order valence-corrected chi connectivity index (χ0v) is 19.1. The van der Waals surface area contributed by atoms with Gasteiger partial charge in [0.15, 0.2) is 0 Å². The molecule has 1 aromatic heterocycles. The van der Waals surface area contributed by atoms with Gasteiger partial charge in [0.1, 0.15) is 17.8 Å². The average Bonchev–Trinajstić information content (AvgIpc) is 3.51. The van der Waals surface area contributed by atoms with Gasteiger partial charge in [-0.1, -0.05) is 36.4 Å². The van der Waals surface area contributed by atoms with Crippen molar-refractivity contribution in [2.45, 2.75) is 69.8 Å². The van der Waals surface area contributed by atoms with E-state index < -0.39 is 41.8 Å². The number of likely N-dealkylation sites (tertiary alicyclic amines) is 1. The number of rotatable bonds is 5. The Morgan fingerprint density at radius 1 is 1.15 bits per heavy atom. The number of pyridine rings is 1. The molecule has 1 saturated carbocycles. The Balaban J connectivity index is 1.59. The first-order chi connectivity index (χ1) is 15.6. The summed E-state index contributed by atoms with van der Waals surface area (Å²) in [5, 5.41) is 2.87. The number of nitrogens with one attached hydrogen (secondary N) is 1. The number of aromatic nitrogens is 1. The predicted octanol–water partition coefficient (Wildman–Crippen LogP) is 4.65. The SMILES string of the molecule is CC(C)(C)OC(=O)N1CC(F)CC1C(=O)N[C@@H](c1ccccc1)c1ccc(C2CC2)c(F)n1. The van der Waals surface area contributed by atoms with Gasteiger partial charge in [-0.2, -0.15) is 4.39 Å². The number of ether oxygens (including phenoxy) is 1. The molecule has 0 spiro atoms. The van der Waals surface area contributed by atoms with Gasteiger partial charge in [0.25, 0.3) is 0 Å². The van der Waals surface area contributed by atoms with Crippen LogP contribution in [0.2, 0.25) is 0 Å². The highest BCUT2D eigenvalue weighted by molar-refractivity contribution is 5.87. The lowest BCUT2D eigenvalue weighted by atomic mass is 10.0. The van der Waals surface area contributed by atoms with Crippen molar-refractivity contribution in [3.8, 4) is 0 Å². The molecular formula is C25H29F2N3O3. The van der Waals surface area contributed by atoms with E-state index in [4.69, 9.17) is 4.74 Å². The molecule has 1 N–H and O–H groups in total. The molecule has 2 amide bonds. The Morgan fingerprint density at radius 3 is 2.45 bits per heavy atom. The maximum atomic E-state index is 14.7. The number of amides is 2. The number of carbonyl (C=O) groups is 2. The Labute approximate surface area is 192 Å². The normalized spacial score (nSPS) is 21.5. The van der Waals surface area contributed by atoms with Crippen molar-refractivity contribution in [1.29, 1.82) is 0 Å². The maximum absolute atomic E-state index is 14.7. The Kier molecular flexibility index (Phi) is 6.36. The molecule has 2 heterocycles. The van der Waals surface area contributed by atoms with Gasteiger partial charge in [0.2, 0.25) is 11.9 Å². The molecule has 176 valence electrons. The zero-order valence-electron chi connectivity index (χ0n) is 19.1. The first-order valence-corrected chi connectivity index (χ1v) is 11.3. The van der Waals surface area contributed by atoms with Crippen LogP contribution < -0.4 is 5.32 Å². The lowest BCUT2D eigenvalue weighted by Crippen LogP contribution is -2.48. The van der Waals surface area contributed by atoms with Crippen LogP contribution >= 0.6 is 0 Å². The summed E-state index contributed by atoms with van der Waals surface area (Å²) in [7, 11) is 0. The zero-order chi connectivity index (χ0) is 23.8. The maximum Gasteiger partial charge on any atom is 0.411 e. The summed E-state index contributed by atoms with van der Waals surface area (Å²) in [4.78, 5) is 31.1. The number of nitrogens with zero attached hydrogens (tertiary/aromatic N) is 2. The second-order valence-corrected chi connectivity index (χ2v) is 9.72. The minimum atomic E-state index is -1.34. The monoisotopic (exact) mass is 457 g/mol. The smallest absolute Gasteiger partial charge is 0.411 e. The summed E-state index contributed by atoms with van der Waals surface area (Å²) < 4.78 is 34.3. The van der Waals surface area contributed by atoms with Crippen LogP contribution in [0.5, 0.6) is 0 Å². The van der Waals surface area contributed by atoms with Crippen molar-refractivity contribution < 1.29 is 23.1 Å². The summed E-state index contributed by atoms with van der Waals surface area (Å²) in [6, 6.07) is 10.7. The highest BCUT2D eigenvalue weighted by Crippen LogP contribution is 2.41. The molecule has 2 aliphatic rings. The van der Waals surface area contributed by atoms with Gasteiger partial charge in [0, 0.05) is 12.0 Å². The number of hydrogen-bond donors (Lipinski definition) is 1. The van der Waals surface area contributed by atoms with E-state index in [9.17, 15) is 18.4 Å². The van der Waals surface area contributed by atoms with E-state index in [1.54, 1.807) is 45.0 Å².